The zero-order valence-electron chi connectivity index (χ0n) is 11.1. The van der Waals surface area contributed by atoms with Gasteiger partial charge in [-0.3, -0.25) is 4.79 Å². The van der Waals surface area contributed by atoms with E-state index in [1.165, 1.54) is 0 Å². The molecule has 0 radical (unpaired) electrons. The first kappa shape index (κ1) is 14.1. The molecule has 1 amide bonds. The normalized spacial score (nSPS) is 11.6. The van der Waals surface area contributed by atoms with Crippen molar-refractivity contribution >= 4 is 17.5 Å². The lowest BCUT2D eigenvalue weighted by Gasteiger charge is -2.34. The van der Waals surface area contributed by atoms with Gasteiger partial charge in [0.1, 0.15) is 5.76 Å². The smallest absolute Gasteiger partial charge is 0.289 e. The summed E-state index contributed by atoms with van der Waals surface area (Å²) in [5.41, 5.74) is 0.660. The molecule has 0 saturated carbocycles. The predicted octanol–water partition coefficient (Wildman–Crippen LogP) is 3.59. The number of halogens is 1. The fourth-order valence-corrected chi connectivity index (χ4v) is 2.08. The van der Waals surface area contributed by atoms with Crippen molar-refractivity contribution in [2.24, 2.45) is 0 Å². The molecule has 1 heterocycles. The molecule has 0 saturated heterocycles. The molecule has 96 valence electrons. The van der Waals surface area contributed by atoms with Gasteiger partial charge in [-0.2, -0.15) is 0 Å². The van der Waals surface area contributed by atoms with Crippen LogP contribution in [0, 0.1) is 6.92 Å². The van der Waals surface area contributed by atoms with Gasteiger partial charge in [-0.1, -0.05) is 0 Å². The highest BCUT2D eigenvalue weighted by molar-refractivity contribution is 6.17. The molecule has 4 heteroatoms. The Morgan fingerprint density at radius 2 is 2.06 bits per heavy atom. The molecule has 1 rings (SSSR count). The maximum atomic E-state index is 12.3. The van der Waals surface area contributed by atoms with Crippen molar-refractivity contribution in [2.75, 3.05) is 6.54 Å². The lowest BCUT2D eigenvalue weighted by atomic mass is 10.1. The molecule has 3 nitrogen and oxygen atoms in total. The highest BCUT2D eigenvalue weighted by Gasteiger charge is 2.28. The van der Waals surface area contributed by atoms with E-state index < -0.39 is 0 Å². The Labute approximate surface area is 108 Å². The zero-order chi connectivity index (χ0) is 13.2. The van der Waals surface area contributed by atoms with Gasteiger partial charge in [-0.05, 0) is 40.7 Å². The third kappa shape index (κ3) is 3.03. The number of hydrogen-bond acceptors (Lipinski definition) is 2. The molecule has 0 fully saturated rings. The van der Waals surface area contributed by atoms with Crippen LogP contribution in [0.5, 0.6) is 0 Å². The zero-order valence-corrected chi connectivity index (χ0v) is 11.9. The van der Waals surface area contributed by atoms with Crippen molar-refractivity contribution < 1.29 is 9.21 Å². The Balaban J connectivity index is 3.02. The van der Waals surface area contributed by atoms with Crippen LogP contribution in [0.3, 0.4) is 0 Å². The van der Waals surface area contributed by atoms with E-state index in [0.717, 1.165) is 5.56 Å². The fourth-order valence-electron chi connectivity index (χ4n) is 1.81. The molecule has 0 N–H and O–H groups in total. The maximum Gasteiger partial charge on any atom is 0.289 e. The summed E-state index contributed by atoms with van der Waals surface area (Å²) in [6, 6.07) is 1.74. The van der Waals surface area contributed by atoms with Gasteiger partial charge in [0.15, 0.2) is 5.76 Å². The molecule has 17 heavy (non-hydrogen) atoms. The third-order valence-electron chi connectivity index (χ3n) is 2.75. The van der Waals surface area contributed by atoms with E-state index in [9.17, 15) is 4.79 Å². The molecule has 0 aliphatic rings. The van der Waals surface area contributed by atoms with Crippen LogP contribution in [-0.2, 0) is 5.88 Å². The van der Waals surface area contributed by atoms with Crippen LogP contribution in [0.15, 0.2) is 10.5 Å². The van der Waals surface area contributed by atoms with Gasteiger partial charge in [0.2, 0.25) is 0 Å². The second-order valence-electron chi connectivity index (χ2n) is 5.05. The first-order chi connectivity index (χ1) is 7.81. The largest absolute Gasteiger partial charge is 0.456 e. The Morgan fingerprint density at radius 1 is 1.47 bits per heavy atom. The van der Waals surface area contributed by atoms with Crippen LogP contribution < -0.4 is 0 Å². The summed E-state index contributed by atoms with van der Waals surface area (Å²) in [4.78, 5) is 14.1. The van der Waals surface area contributed by atoms with E-state index in [4.69, 9.17) is 16.0 Å². The molecule has 0 bridgehead atoms. The van der Waals surface area contributed by atoms with Crippen molar-refractivity contribution in [1.82, 2.24) is 4.90 Å². The Kier molecular flexibility index (Phi) is 4.26. The second kappa shape index (κ2) is 5.13. The first-order valence-corrected chi connectivity index (χ1v) is 6.32. The minimum absolute atomic E-state index is 0.0838. The van der Waals surface area contributed by atoms with Gasteiger partial charge in [-0.15, -0.1) is 11.6 Å². The number of rotatable bonds is 3. The molecule has 0 atom stereocenters. The van der Waals surface area contributed by atoms with Crippen LogP contribution in [-0.4, -0.2) is 22.9 Å². The minimum Gasteiger partial charge on any atom is -0.456 e. The number of amides is 1. The predicted molar refractivity (Wildman–Crippen MR) is 69.5 cm³/mol. The van der Waals surface area contributed by atoms with Gasteiger partial charge in [0, 0.05) is 17.6 Å². The molecule has 0 unspecified atom stereocenters. The number of hydrogen-bond donors (Lipinski definition) is 0. The molecule has 0 aliphatic heterocycles. The lowest BCUT2D eigenvalue weighted by Crippen LogP contribution is -2.45. The van der Waals surface area contributed by atoms with Crippen molar-refractivity contribution in [2.45, 2.75) is 46.0 Å². The van der Waals surface area contributed by atoms with Gasteiger partial charge in [0.05, 0.1) is 5.88 Å². The number of furan rings is 1. The number of carbonyl (C=O) groups is 1. The number of carbonyl (C=O) groups excluding carboxylic acids is 1. The molecular formula is C13H20ClNO2. The summed E-state index contributed by atoms with van der Waals surface area (Å²) in [6.07, 6.45) is 0. The van der Waals surface area contributed by atoms with Crippen molar-refractivity contribution in [1.29, 1.82) is 0 Å². The Hall–Kier alpha value is -0.960. The number of aryl methyl sites for hydroxylation is 1. The monoisotopic (exact) mass is 257 g/mol. The van der Waals surface area contributed by atoms with Crippen LogP contribution in [0.2, 0.25) is 0 Å². The van der Waals surface area contributed by atoms with E-state index in [1.54, 1.807) is 11.0 Å². The van der Waals surface area contributed by atoms with E-state index in [2.05, 4.69) is 0 Å². The van der Waals surface area contributed by atoms with Crippen LogP contribution >= 0.6 is 11.6 Å². The third-order valence-corrected chi connectivity index (χ3v) is 3.03. The molecule has 1 aromatic heterocycles. The van der Waals surface area contributed by atoms with Crippen LogP contribution in [0.25, 0.3) is 0 Å². The van der Waals surface area contributed by atoms with E-state index >= 15 is 0 Å². The molecular weight excluding hydrogens is 238 g/mol. The van der Waals surface area contributed by atoms with Gasteiger partial charge >= 0.3 is 0 Å². The quantitative estimate of drug-likeness (QED) is 0.776. The average Bonchev–Trinajstić information content (AvgIpc) is 2.58. The Morgan fingerprint density at radius 3 is 2.41 bits per heavy atom. The van der Waals surface area contributed by atoms with Gasteiger partial charge in [0.25, 0.3) is 5.91 Å². The second-order valence-corrected chi connectivity index (χ2v) is 5.31. The minimum atomic E-state index is -0.215. The van der Waals surface area contributed by atoms with Crippen molar-refractivity contribution in [3.05, 3.63) is 23.2 Å². The molecule has 0 spiro atoms. The summed E-state index contributed by atoms with van der Waals surface area (Å²) in [5, 5.41) is 0. The number of nitrogens with zero attached hydrogens (tertiary/aromatic N) is 1. The Bertz CT molecular complexity index is 404. The summed E-state index contributed by atoms with van der Waals surface area (Å²) < 4.78 is 5.47. The summed E-state index contributed by atoms with van der Waals surface area (Å²) in [5.74, 6) is 1.37. The van der Waals surface area contributed by atoms with Gasteiger partial charge in [-0.25, -0.2) is 0 Å². The van der Waals surface area contributed by atoms with E-state index in [0.29, 0.717) is 23.9 Å². The van der Waals surface area contributed by atoms with Crippen LogP contribution in [0.4, 0.5) is 0 Å². The molecule has 0 aromatic carbocycles. The van der Waals surface area contributed by atoms with E-state index in [1.807, 2.05) is 34.6 Å². The van der Waals surface area contributed by atoms with Gasteiger partial charge < -0.3 is 9.32 Å². The van der Waals surface area contributed by atoms with Crippen LogP contribution in [0.1, 0.15) is 49.6 Å². The highest BCUT2D eigenvalue weighted by atomic mass is 35.5. The van der Waals surface area contributed by atoms with Crippen molar-refractivity contribution in [3.63, 3.8) is 0 Å². The average molecular weight is 258 g/mol. The summed E-state index contributed by atoms with van der Waals surface area (Å²) in [7, 11) is 0. The standard InChI is InChI=1S/C13H20ClNO2/c1-6-15(13(3,4)5)12(16)11-7-10(8-14)9(2)17-11/h7H,6,8H2,1-5H3. The number of alkyl halides is 1. The topological polar surface area (TPSA) is 33.5 Å². The summed E-state index contributed by atoms with van der Waals surface area (Å²) in [6.45, 7) is 10.5. The maximum absolute atomic E-state index is 12.3. The highest BCUT2D eigenvalue weighted by Crippen LogP contribution is 2.21. The van der Waals surface area contributed by atoms with E-state index in [-0.39, 0.29) is 11.4 Å². The summed E-state index contributed by atoms with van der Waals surface area (Å²) >= 11 is 5.77. The van der Waals surface area contributed by atoms with Crippen molar-refractivity contribution in [3.8, 4) is 0 Å². The SMILES string of the molecule is CCN(C(=O)c1cc(CCl)c(C)o1)C(C)(C)C. The molecule has 1 aromatic rings. The fraction of sp³-hybridized carbons (Fsp3) is 0.615. The lowest BCUT2D eigenvalue weighted by molar-refractivity contribution is 0.0564. The first-order valence-electron chi connectivity index (χ1n) is 5.78. The molecule has 0 aliphatic carbocycles.